The van der Waals surface area contributed by atoms with Crippen molar-refractivity contribution in [2.75, 3.05) is 0 Å². The molecule has 0 saturated heterocycles. The lowest BCUT2D eigenvalue weighted by molar-refractivity contribution is -0.234. The molecule has 0 aliphatic heterocycles. The van der Waals surface area contributed by atoms with Gasteiger partial charge in [-0.15, -0.1) is 0 Å². The van der Waals surface area contributed by atoms with Crippen LogP contribution in [-0.2, 0) is 0 Å². The monoisotopic (exact) mass is 679 g/mol. The minimum absolute atomic E-state index is 0.0271. The maximum absolute atomic E-state index is 19.4. The van der Waals surface area contributed by atoms with Gasteiger partial charge >= 0.3 is 0 Å². The van der Waals surface area contributed by atoms with Crippen LogP contribution in [0, 0.1) is 33.5 Å². The quantitative estimate of drug-likeness (QED) is 0.0621. The molecule has 0 bridgehead atoms. The molecule has 4 atom stereocenters. The van der Waals surface area contributed by atoms with Crippen molar-refractivity contribution in [2.24, 2.45) is 33.5 Å². The zero-order valence-corrected chi connectivity index (χ0v) is 36.1. The SMILES string of the molecule is CCCCCCCCC(F)(CC)C(CCCCCC)(CCCCCCC)C(CCCCC)(CCC(C)C)C(CC)(CC(C)C)C(C)(C)C. The molecule has 48 heavy (non-hydrogen) atoms. The Labute approximate surface area is 306 Å². The number of alkyl halides is 1. The summed E-state index contributed by atoms with van der Waals surface area (Å²) < 4.78 is 19.4. The zero-order chi connectivity index (χ0) is 36.7. The zero-order valence-electron chi connectivity index (χ0n) is 36.1. The molecule has 0 aliphatic carbocycles. The van der Waals surface area contributed by atoms with E-state index >= 15 is 4.39 Å². The summed E-state index contributed by atoms with van der Waals surface area (Å²) in [5, 5.41) is 0. The molecule has 0 fully saturated rings. The number of unbranched alkanes of at least 4 members (excludes halogenated alkanes) is 14. The smallest absolute Gasteiger partial charge is 0.117 e. The Morgan fingerprint density at radius 3 is 1.17 bits per heavy atom. The molecule has 0 saturated carbocycles. The molecule has 0 aromatic carbocycles. The number of rotatable bonds is 32. The molecule has 1 heteroatoms. The first-order chi connectivity index (χ1) is 22.7. The van der Waals surface area contributed by atoms with Gasteiger partial charge in [0.15, 0.2) is 0 Å². The highest BCUT2D eigenvalue weighted by atomic mass is 19.1. The molecule has 0 aliphatic rings. The summed E-state index contributed by atoms with van der Waals surface area (Å²) in [5.74, 6) is 1.24. The van der Waals surface area contributed by atoms with Crippen molar-refractivity contribution in [3.63, 3.8) is 0 Å². The van der Waals surface area contributed by atoms with Crippen LogP contribution in [0.3, 0.4) is 0 Å². The molecule has 0 spiro atoms. The molecule has 0 aromatic heterocycles. The van der Waals surface area contributed by atoms with Crippen LogP contribution in [0.15, 0.2) is 0 Å². The summed E-state index contributed by atoms with van der Waals surface area (Å²) in [6, 6.07) is 0. The van der Waals surface area contributed by atoms with Gasteiger partial charge in [0.1, 0.15) is 5.67 Å². The molecule has 0 amide bonds. The van der Waals surface area contributed by atoms with Crippen molar-refractivity contribution < 1.29 is 4.39 Å². The first kappa shape index (κ1) is 47.9. The molecule has 4 unspecified atom stereocenters. The van der Waals surface area contributed by atoms with Crippen LogP contribution >= 0.6 is 0 Å². The Balaban J connectivity index is 8.09. The van der Waals surface area contributed by atoms with E-state index in [2.05, 4.69) is 90.0 Å². The Morgan fingerprint density at radius 2 is 0.771 bits per heavy atom. The minimum Gasteiger partial charge on any atom is -0.243 e. The van der Waals surface area contributed by atoms with E-state index in [1.165, 1.54) is 141 Å². The van der Waals surface area contributed by atoms with Crippen LogP contribution in [0.5, 0.6) is 0 Å². The summed E-state index contributed by atoms with van der Waals surface area (Å²) in [6.45, 7) is 31.7. The van der Waals surface area contributed by atoms with Crippen LogP contribution in [0.4, 0.5) is 4.39 Å². The maximum atomic E-state index is 19.4. The predicted octanol–water partition coefficient (Wildman–Crippen LogP) is 17.7. The molecular weight excluding hydrogens is 584 g/mol. The van der Waals surface area contributed by atoms with Crippen molar-refractivity contribution in [3.05, 3.63) is 0 Å². The molecule has 0 heterocycles. The van der Waals surface area contributed by atoms with E-state index in [0.717, 1.165) is 25.7 Å². The second kappa shape index (κ2) is 25.0. The standard InChI is InChI=1S/C47H95F/c1-14-20-24-27-29-33-38-47(48,19-6)46(36-31-26-22-16-3,37-32-28-25-21-15-2)45(35-30-23-17-4,39-34-41(7)8)44(18-5,40-42(9)10)43(11,12)13/h41-42H,14-40H2,1-13H3. The Kier molecular flexibility index (Phi) is 25.0. The molecule has 0 rings (SSSR count). The fourth-order valence-corrected chi connectivity index (χ4v) is 11.0. The lowest BCUT2D eigenvalue weighted by Gasteiger charge is -2.70. The summed E-state index contributed by atoms with van der Waals surface area (Å²) in [5.41, 5.74) is -1.26. The van der Waals surface area contributed by atoms with Crippen molar-refractivity contribution in [3.8, 4) is 0 Å². The van der Waals surface area contributed by atoms with Gasteiger partial charge in [0.25, 0.3) is 0 Å². The first-order valence-electron chi connectivity index (χ1n) is 22.4. The third-order valence-electron chi connectivity index (χ3n) is 13.5. The summed E-state index contributed by atoms with van der Waals surface area (Å²) in [4.78, 5) is 0. The molecule has 0 nitrogen and oxygen atoms in total. The predicted molar refractivity (Wildman–Crippen MR) is 219 cm³/mol. The average Bonchev–Trinajstić information content (AvgIpc) is 3.03. The second-order valence-electron chi connectivity index (χ2n) is 18.6. The van der Waals surface area contributed by atoms with Gasteiger partial charge < -0.3 is 0 Å². The number of hydrogen-bond donors (Lipinski definition) is 0. The van der Waals surface area contributed by atoms with Gasteiger partial charge in [-0.1, -0.05) is 212 Å². The molecule has 290 valence electrons. The summed E-state index contributed by atoms with van der Waals surface area (Å²) in [6.07, 6.45) is 32.3. The second-order valence-corrected chi connectivity index (χ2v) is 18.6. The van der Waals surface area contributed by atoms with Crippen molar-refractivity contribution >= 4 is 0 Å². The minimum atomic E-state index is -1.12. The van der Waals surface area contributed by atoms with Gasteiger partial charge in [0.05, 0.1) is 0 Å². The normalized spacial score (nSPS) is 17.8. The van der Waals surface area contributed by atoms with Gasteiger partial charge in [-0.3, -0.25) is 0 Å². The lowest BCUT2D eigenvalue weighted by Crippen LogP contribution is -2.65. The van der Waals surface area contributed by atoms with Crippen LogP contribution in [0.2, 0.25) is 0 Å². The van der Waals surface area contributed by atoms with E-state index in [4.69, 9.17) is 0 Å². The lowest BCUT2D eigenvalue weighted by atomic mass is 9.35. The van der Waals surface area contributed by atoms with E-state index in [1.54, 1.807) is 0 Å². The number of halogens is 1. The Hall–Kier alpha value is -0.0700. The van der Waals surface area contributed by atoms with E-state index in [1.807, 2.05) is 0 Å². The Bertz CT molecular complexity index is 747. The average molecular weight is 679 g/mol. The van der Waals surface area contributed by atoms with Crippen molar-refractivity contribution in [1.29, 1.82) is 0 Å². The van der Waals surface area contributed by atoms with Crippen molar-refractivity contribution in [1.82, 2.24) is 0 Å². The van der Waals surface area contributed by atoms with E-state index < -0.39 is 5.67 Å². The first-order valence-corrected chi connectivity index (χ1v) is 22.4. The number of hydrogen-bond acceptors (Lipinski definition) is 0. The van der Waals surface area contributed by atoms with E-state index in [0.29, 0.717) is 18.3 Å². The van der Waals surface area contributed by atoms with Crippen LogP contribution in [-0.4, -0.2) is 5.67 Å². The molecule has 0 radical (unpaired) electrons. The third-order valence-corrected chi connectivity index (χ3v) is 13.5. The highest BCUT2D eigenvalue weighted by molar-refractivity contribution is 5.17. The highest BCUT2D eigenvalue weighted by Crippen LogP contribution is 2.74. The molecular formula is C47H95F. The van der Waals surface area contributed by atoms with Gasteiger partial charge in [0, 0.05) is 5.41 Å². The fourth-order valence-electron chi connectivity index (χ4n) is 11.0. The van der Waals surface area contributed by atoms with E-state index in [9.17, 15) is 0 Å². The van der Waals surface area contributed by atoms with Crippen LogP contribution < -0.4 is 0 Å². The van der Waals surface area contributed by atoms with Crippen LogP contribution in [0.25, 0.3) is 0 Å². The largest absolute Gasteiger partial charge is 0.243 e. The summed E-state index contributed by atoms with van der Waals surface area (Å²) in [7, 11) is 0. The fraction of sp³-hybridized carbons (Fsp3) is 1.00. The van der Waals surface area contributed by atoms with Gasteiger partial charge in [-0.25, -0.2) is 4.39 Å². The van der Waals surface area contributed by atoms with Crippen molar-refractivity contribution in [2.45, 2.75) is 269 Å². The topological polar surface area (TPSA) is 0 Å². The van der Waals surface area contributed by atoms with Gasteiger partial charge in [0.2, 0.25) is 0 Å². The van der Waals surface area contributed by atoms with Gasteiger partial charge in [-0.05, 0) is 79.4 Å². The molecule has 0 N–H and O–H groups in total. The maximum Gasteiger partial charge on any atom is 0.117 e. The highest BCUT2D eigenvalue weighted by Gasteiger charge is 2.69. The van der Waals surface area contributed by atoms with Crippen LogP contribution in [0.1, 0.15) is 263 Å². The Morgan fingerprint density at radius 1 is 0.396 bits per heavy atom. The van der Waals surface area contributed by atoms with E-state index in [-0.39, 0.29) is 21.7 Å². The summed E-state index contributed by atoms with van der Waals surface area (Å²) >= 11 is 0. The third kappa shape index (κ3) is 13.5. The van der Waals surface area contributed by atoms with Gasteiger partial charge in [-0.2, -0.15) is 0 Å². The molecule has 0 aromatic rings.